The van der Waals surface area contributed by atoms with Crippen LogP contribution in [-0.4, -0.2) is 49.9 Å². The molecule has 1 saturated heterocycles. The number of piperidine rings is 1. The summed E-state index contributed by atoms with van der Waals surface area (Å²) < 4.78 is 38.2. The summed E-state index contributed by atoms with van der Waals surface area (Å²) in [6, 6.07) is 5.82. The van der Waals surface area contributed by atoms with Crippen LogP contribution in [0.25, 0.3) is 0 Å². The van der Waals surface area contributed by atoms with Crippen LogP contribution < -0.4 is 4.72 Å². The second kappa shape index (κ2) is 7.82. The van der Waals surface area contributed by atoms with Gasteiger partial charge >= 0.3 is 0 Å². The summed E-state index contributed by atoms with van der Waals surface area (Å²) in [5, 5.41) is 0. The highest BCUT2D eigenvalue weighted by atomic mass is 32.2. The van der Waals surface area contributed by atoms with E-state index in [-0.39, 0.29) is 18.2 Å². The number of nitrogens with zero attached hydrogens (tertiary/aromatic N) is 2. The van der Waals surface area contributed by atoms with Gasteiger partial charge < -0.3 is 0 Å². The first-order chi connectivity index (χ1) is 10.1. The zero-order valence-corrected chi connectivity index (χ0v) is 12.9. The lowest BCUT2D eigenvalue weighted by Gasteiger charge is -2.31. The van der Waals surface area contributed by atoms with Gasteiger partial charge in [0.25, 0.3) is 0 Å². The minimum Gasteiger partial charge on any atom is -0.297 e. The van der Waals surface area contributed by atoms with Gasteiger partial charge in [0.2, 0.25) is 10.0 Å². The lowest BCUT2D eigenvalue weighted by molar-refractivity contribution is 0.198. The quantitative estimate of drug-likeness (QED) is 0.824. The molecule has 5 nitrogen and oxygen atoms in total. The van der Waals surface area contributed by atoms with Crippen molar-refractivity contribution in [3.8, 4) is 0 Å². The van der Waals surface area contributed by atoms with E-state index in [0.717, 1.165) is 38.2 Å². The standard InChI is InChI=1S/C14H22FN3O2S/c15-7-3-11-21(19,20)17-13-5-9-18(10-6-13)12-14-4-1-2-8-16-14/h1-2,4,8,13,17H,3,5-7,9-12H2. The van der Waals surface area contributed by atoms with Crippen molar-refractivity contribution in [3.05, 3.63) is 30.1 Å². The first-order valence-corrected chi connectivity index (χ1v) is 8.92. The minimum atomic E-state index is -3.34. The average Bonchev–Trinajstić information content (AvgIpc) is 2.48. The number of hydrogen-bond acceptors (Lipinski definition) is 4. The fourth-order valence-electron chi connectivity index (χ4n) is 2.49. The number of alkyl halides is 1. The van der Waals surface area contributed by atoms with Crippen LogP contribution in [0.2, 0.25) is 0 Å². The Morgan fingerprint density at radius 3 is 2.71 bits per heavy atom. The highest BCUT2D eigenvalue weighted by Crippen LogP contribution is 2.13. The lowest BCUT2D eigenvalue weighted by atomic mass is 10.1. The molecule has 0 atom stereocenters. The Kier molecular flexibility index (Phi) is 6.08. The number of hydrogen-bond donors (Lipinski definition) is 1. The zero-order chi connectivity index (χ0) is 15.1. The van der Waals surface area contributed by atoms with E-state index in [1.54, 1.807) is 6.20 Å². The van der Waals surface area contributed by atoms with Crippen LogP contribution in [0.15, 0.2) is 24.4 Å². The molecule has 1 aromatic rings. The van der Waals surface area contributed by atoms with Gasteiger partial charge in [-0.1, -0.05) is 6.07 Å². The van der Waals surface area contributed by atoms with E-state index >= 15 is 0 Å². The Morgan fingerprint density at radius 1 is 1.33 bits per heavy atom. The van der Waals surface area contributed by atoms with Crippen LogP contribution in [0, 0.1) is 0 Å². The monoisotopic (exact) mass is 315 g/mol. The van der Waals surface area contributed by atoms with Gasteiger partial charge in [-0.2, -0.15) is 0 Å². The van der Waals surface area contributed by atoms with Crippen LogP contribution in [0.3, 0.4) is 0 Å². The molecule has 1 N–H and O–H groups in total. The smallest absolute Gasteiger partial charge is 0.211 e. The van der Waals surface area contributed by atoms with Crippen molar-refractivity contribution in [2.45, 2.75) is 31.8 Å². The van der Waals surface area contributed by atoms with Crippen LogP contribution >= 0.6 is 0 Å². The van der Waals surface area contributed by atoms with E-state index in [1.165, 1.54) is 0 Å². The van der Waals surface area contributed by atoms with Crippen molar-refractivity contribution in [1.29, 1.82) is 0 Å². The Labute approximate surface area is 125 Å². The highest BCUT2D eigenvalue weighted by molar-refractivity contribution is 7.89. The number of nitrogens with one attached hydrogen (secondary N) is 1. The molecule has 0 bridgehead atoms. The number of rotatable bonds is 7. The zero-order valence-electron chi connectivity index (χ0n) is 12.0. The maximum atomic E-state index is 12.1. The third-order valence-corrected chi connectivity index (χ3v) is 5.11. The molecule has 0 aliphatic carbocycles. The van der Waals surface area contributed by atoms with Crippen molar-refractivity contribution < 1.29 is 12.8 Å². The topological polar surface area (TPSA) is 62.3 Å². The summed E-state index contributed by atoms with van der Waals surface area (Å²) in [6.07, 6.45) is 3.40. The van der Waals surface area contributed by atoms with Gasteiger partial charge in [0.15, 0.2) is 0 Å². The van der Waals surface area contributed by atoms with Gasteiger partial charge in [-0.05, 0) is 31.4 Å². The minimum absolute atomic E-state index is 0.0328. The summed E-state index contributed by atoms with van der Waals surface area (Å²) in [5.74, 6) is -0.127. The van der Waals surface area contributed by atoms with Gasteiger partial charge in [0.1, 0.15) is 0 Å². The number of pyridine rings is 1. The van der Waals surface area contributed by atoms with Crippen molar-refractivity contribution in [3.63, 3.8) is 0 Å². The fraction of sp³-hybridized carbons (Fsp3) is 0.643. The second-order valence-corrected chi connectivity index (χ2v) is 7.22. The summed E-state index contributed by atoms with van der Waals surface area (Å²) in [6.45, 7) is 1.88. The van der Waals surface area contributed by atoms with Gasteiger partial charge in [-0.3, -0.25) is 14.3 Å². The summed E-state index contributed by atoms with van der Waals surface area (Å²) >= 11 is 0. The van der Waals surface area contributed by atoms with E-state index in [1.807, 2.05) is 18.2 Å². The molecule has 1 aliphatic rings. The predicted octanol–water partition coefficient (Wildman–Crippen LogP) is 1.32. The first kappa shape index (κ1) is 16.3. The molecule has 2 heterocycles. The normalized spacial score (nSPS) is 18.0. The molecule has 0 unspecified atom stereocenters. The largest absolute Gasteiger partial charge is 0.297 e. The van der Waals surface area contributed by atoms with Gasteiger partial charge in [0.05, 0.1) is 18.1 Å². The molecule has 21 heavy (non-hydrogen) atoms. The predicted molar refractivity (Wildman–Crippen MR) is 80.1 cm³/mol. The number of halogens is 1. The number of sulfonamides is 1. The van der Waals surface area contributed by atoms with Gasteiger partial charge in [-0.15, -0.1) is 0 Å². The SMILES string of the molecule is O=S(=O)(CCCF)NC1CCN(Cc2ccccn2)CC1. The van der Waals surface area contributed by atoms with Crippen molar-refractivity contribution >= 4 is 10.0 Å². The first-order valence-electron chi connectivity index (χ1n) is 7.27. The van der Waals surface area contributed by atoms with Crippen LogP contribution in [0.4, 0.5) is 4.39 Å². The van der Waals surface area contributed by atoms with E-state index in [9.17, 15) is 12.8 Å². The summed E-state index contributed by atoms with van der Waals surface area (Å²) in [7, 11) is -3.34. The summed E-state index contributed by atoms with van der Waals surface area (Å²) in [5.41, 5.74) is 1.03. The average molecular weight is 315 g/mol. The van der Waals surface area contributed by atoms with Crippen LogP contribution in [0.5, 0.6) is 0 Å². The Morgan fingerprint density at radius 2 is 2.10 bits per heavy atom. The van der Waals surface area contributed by atoms with E-state index in [0.29, 0.717) is 0 Å². The molecule has 0 aromatic carbocycles. The molecule has 1 aliphatic heterocycles. The van der Waals surface area contributed by atoms with Crippen molar-refractivity contribution in [2.24, 2.45) is 0 Å². The molecule has 0 amide bonds. The fourth-order valence-corrected chi connectivity index (χ4v) is 3.84. The van der Waals surface area contributed by atoms with Crippen molar-refractivity contribution in [1.82, 2.24) is 14.6 Å². The van der Waals surface area contributed by atoms with E-state index < -0.39 is 16.7 Å². The lowest BCUT2D eigenvalue weighted by Crippen LogP contribution is -2.45. The third-order valence-electron chi connectivity index (χ3n) is 3.59. The Hall–Kier alpha value is -1.05. The van der Waals surface area contributed by atoms with Gasteiger partial charge in [0, 0.05) is 31.9 Å². The highest BCUT2D eigenvalue weighted by Gasteiger charge is 2.23. The Balaban J connectivity index is 1.75. The molecule has 0 spiro atoms. The molecule has 1 aromatic heterocycles. The Bertz CT molecular complexity index is 516. The van der Waals surface area contributed by atoms with Crippen LogP contribution in [0.1, 0.15) is 25.0 Å². The molecular formula is C14H22FN3O2S. The molecule has 118 valence electrons. The number of aromatic nitrogens is 1. The van der Waals surface area contributed by atoms with E-state index in [4.69, 9.17) is 0 Å². The summed E-state index contributed by atoms with van der Waals surface area (Å²) in [4.78, 5) is 6.57. The maximum absolute atomic E-state index is 12.1. The molecule has 7 heteroatoms. The number of likely N-dealkylation sites (tertiary alicyclic amines) is 1. The molecule has 1 fully saturated rings. The molecular weight excluding hydrogens is 293 g/mol. The molecule has 0 radical (unpaired) electrons. The van der Waals surface area contributed by atoms with Crippen LogP contribution in [-0.2, 0) is 16.6 Å². The van der Waals surface area contributed by atoms with Crippen molar-refractivity contribution in [2.75, 3.05) is 25.5 Å². The molecule has 2 rings (SSSR count). The van der Waals surface area contributed by atoms with E-state index in [2.05, 4.69) is 14.6 Å². The molecule has 0 saturated carbocycles. The van der Waals surface area contributed by atoms with Gasteiger partial charge in [-0.25, -0.2) is 13.1 Å². The second-order valence-electron chi connectivity index (χ2n) is 5.35. The third kappa shape index (κ3) is 5.68. The maximum Gasteiger partial charge on any atom is 0.211 e.